The first kappa shape index (κ1) is 15.3. The van der Waals surface area contributed by atoms with Crippen molar-refractivity contribution in [1.29, 1.82) is 0 Å². The van der Waals surface area contributed by atoms with E-state index >= 15 is 0 Å². The molecule has 0 amide bonds. The van der Waals surface area contributed by atoms with Gasteiger partial charge in [-0.15, -0.1) is 0 Å². The Hall–Kier alpha value is -1.24. The molecule has 2 saturated carbocycles. The summed E-state index contributed by atoms with van der Waals surface area (Å²) in [5.41, 5.74) is -4.58. The second-order valence-electron chi connectivity index (χ2n) is 8.10. The number of aliphatic hydroxyl groups excluding tert-OH is 1. The van der Waals surface area contributed by atoms with Crippen LogP contribution in [0.4, 0.5) is 0 Å². The maximum Gasteiger partial charge on any atom is 0.302 e. The molecular weight excluding hydrogens is 300 g/mol. The van der Waals surface area contributed by atoms with Crippen molar-refractivity contribution in [3.05, 3.63) is 11.6 Å². The number of epoxide rings is 1. The Kier molecular flexibility index (Phi) is 2.47. The van der Waals surface area contributed by atoms with Crippen molar-refractivity contribution in [3.8, 4) is 0 Å². The number of carbonyl (C=O) groups excluding carboxylic acids is 2. The van der Waals surface area contributed by atoms with Gasteiger partial charge in [0.25, 0.3) is 0 Å². The predicted molar refractivity (Wildman–Crippen MR) is 78.3 cm³/mol. The van der Waals surface area contributed by atoms with E-state index in [9.17, 15) is 19.8 Å². The molecular formula is C17H22O6. The third-order valence-electron chi connectivity index (χ3n) is 6.78. The van der Waals surface area contributed by atoms with Crippen molar-refractivity contribution in [2.45, 2.75) is 63.4 Å². The molecule has 2 N–H and O–H groups in total. The van der Waals surface area contributed by atoms with E-state index in [1.807, 2.05) is 6.92 Å². The molecule has 23 heavy (non-hydrogen) atoms. The third kappa shape index (κ3) is 1.34. The average Bonchev–Trinajstić information content (AvgIpc) is 3.34. The van der Waals surface area contributed by atoms with E-state index in [-0.39, 0.29) is 12.4 Å². The number of carbonyl (C=O) groups is 2. The molecule has 3 fully saturated rings. The van der Waals surface area contributed by atoms with Gasteiger partial charge in [0.15, 0.2) is 11.4 Å². The van der Waals surface area contributed by atoms with E-state index in [1.54, 1.807) is 19.9 Å². The van der Waals surface area contributed by atoms with Crippen LogP contribution in [0, 0.1) is 10.8 Å². The first-order valence-corrected chi connectivity index (χ1v) is 8.01. The van der Waals surface area contributed by atoms with Crippen LogP contribution in [-0.2, 0) is 19.1 Å². The van der Waals surface area contributed by atoms with Crippen LogP contribution in [-0.4, -0.2) is 51.5 Å². The summed E-state index contributed by atoms with van der Waals surface area (Å²) in [6.07, 6.45) is 2.04. The van der Waals surface area contributed by atoms with E-state index in [4.69, 9.17) is 9.47 Å². The molecule has 1 aliphatic heterocycles. The third-order valence-corrected chi connectivity index (χ3v) is 6.78. The molecule has 6 nitrogen and oxygen atoms in total. The summed E-state index contributed by atoms with van der Waals surface area (Å²) in [6, 6.07) is 0. The van der Waals surface area contributed by atoms with Gasteiger partial charge in [0.05, 0.1) is 0 Å². The van der Waals surface area contributed by atoms with E-state index < -0.39 is 39.7 Å². The van der Waals surface area contributed by atoms with Gasteiger partial charge < -0.3 is 19.7 Å². The second kappa shape index (κ2) is 3.71. The first-order valence-electron chi connectivity index (χ1n) is 8.01. The number of ether oxygens (including phenoxy) is 2. The van der Waals surface area contributed by atoms with Crippen LogP contribution in [0.25, 0.3) is 0 Å². The molecule has 2 spiro atoms. The van der Waals surface area contributed by atoms with E-state index in [0.29, 0.717) is 18.4 Å². The minimum Gasteiger partial charge on any atom is -0.465 e. The van der Waals surface area contributed by atoms with Crippen LogP contribution in [0.15, 0.2) is 11.6 Å². The largest absolute Gasteiger partial charge is 0.465 e. The van der Waals surface area contributed by atoms with Crippen LogP contribution in [0.3, 0.4) is 0 Å². The number of rotatable bonds is 2. The summed E-state index contributed by atoms with van der Waals surface area (Å²) in [4.78, 5) is 24.0. The van der Waals surface area contributed by atoms with Crippen LogP contribution in [0.5, 0.6) is 0 Å². The van der Waals surface area contributed by atoms with Gasteiger partial charge in [0.2, 0.25) is 0 Å². The number of aliphatic hydroxyl groups is 2. The van der Waals surface area contributed by atoms with Crippen LogP contribution in [0.1, 0.15) is 40.5 Å². The lowest BCUT2D eigenvalue weighted by molar-refractivity contribution is -0.148. The van der Waals surface area contributed by atoms with E-state index in [0.717, 1.165) is 0 Å². The maximum absolute atomic E-state index is 12.9. The van der Waals surface area contributed by atoms with Gasteiger partial charge in [-0.2, -0.15) is 0 Å². The van der Waals surface area contributed by atoms with Gasteiger partial charge in [-0.05, 0) is 26.7 Å². The van der Waals surface area contributed by atoms with Crippen molar-refractivity contribution in [3.63, 3.8) is 0 Å². The lowest BCUT2D eigenvalue weighted by Crippen LogP contribution is -2.61. The molecule has 0 aromatic rings. The number of hydrogen-bond donors (Lipinski definition) is 2. The van der Waals surface area contributed by atoms with Gasteiger partial charge >= 0.3 is 5.97 Å². The SMILES string of the molecule is CC(=O)OC[C@]1(C)C=C2C(=O)[C@](C)(O)C3(CC3)[C@@]3(C)O[C@@]23[C@H]1O. The molecule has 0 aromatic heterocycles. The van der Waals surface area contributed by atoms with Gasteiger partial charge in [-0.25, -0.2) is 0 Å². The number of fused-ring (bicyclic) bond motifs is 1. The fourth-order valence-electron chi connectivity index (χ4n) is 5.15. The molecule has 1 heterocycles. The van der Waals surface area contributed by atoms with E-state index in [1.165, 1.54) is 6.92 Å². The summed E-state index contributed by atoms with van der Waals surface area (Å²) in [5, 5.41) is 21.8. The minimum atomic E-state index is -1.50. The molecule has 126 valence electrons. The van der Waals surface area contributed by atoms with Crippen LogP contribution >= 0.6 is 0 Å². The smallest absolute Gasteiger partial charge is 0.302 e. The fraction of sp³-hybridized carbons (Fsp3) is 0.765. The topological polar surface area (TPSA) is 96.4 Å². The highest BCUT2D eigenvalue weighted by Crippen LogP contribution is 2.80. The highest BCUT2D eigenvalue weighted by molar-refractivity contribution is 6.08. The summed E-state index contributed by atoms with van der Waals surface area (Å²) < 4.78 is 11.1. The quantitative estimate of drug-likeness (QED) is 0.568. The van der Waals surface area contributed by atoms with E-state index in [2.05, 4.69) is 0 Å². The zero-order valence-electron chi connectivity index (χ0n) is 13.8. The zero-order valence-corrected chi connectivity index (χ0v) is 13.8. The molecule has 4 rings (SSSR count). The Labute approximate surface area is 134 Å². The maximum atomic E-state index is 12.9. The summed E-state index contributed by atoms with van der Waals surface area (Å²) in [6.45, 7) is 6.43. The number of ketones is 1. The lowest BCUT2D eigenvalue weighted by atomic mass is 9.59. The second-order valence-corrected chi connectivity index (χ2v) is 8.10. The molecule has 6 heteroatoms. The van der Waals surface area contributed by atoms with Gasteiger partial charge in [-0.1, -0.05) is 13.0 Å². The zero-order chi connectivity index (χ0) is 17.1. The Balaban J connectivity index is 1.81. The Bertz CT molecular complexity index is 675. The monoisotopic (exact) mass is 322 g/mol. The molecule has 0 bridgehead atoms. The Morgan fingerprint density at radius 1 is 1.39 bits per heavy atom. The molecule has 1 saturated heterocycles. The highest BCUT2D eigenvalue weighted by atomic mass is 16.6. The number of Topliss-reactive ketones (excluding diaryl/α,β-unsaturated/α-hetero) is 1. The highest BCUT2D eigenvalue weighted by Gasteiger charge is 2.93. The van der Waals surface area contributed by atoms with Crippen molar-refractivity contribution < 1.29 is 29.3 Å². The van der Waals surface area contributed by atoms with Crippen molar-refractivity contribution in [2.24, 2.45) is 10.8 Å². The molecule has 4 aliphatic rings. The molecule has 5 atom stereocenters. The average molecular weight is 322 g/mol. The van der Waals surface area contributed by atoms with Gasteiger partial charge in [0.1, 0.15) is 23.9 Å². The Morgan fingerprint density at radius 3 is 2.52 bits per heavy atom. The fourth-order valence-corrected chi connectivity index (χ4v) is 5.15. The summed E-state index contributed by atoms with van der Waals surface area (Å²) in [5.74, 6) is -0.823. The van der Waals surface area contributed by atoms with Gasteiger partial charge in [-0.3, -0.25) is 9.59 Å². The summed E-state index contributed by atoms with van der Waals surface area (Å²) >= 11 is 0. The Morgan fingerprint density at radius 2 is 2.00 bits per heavy atom. The number of hydrogen-bond acceptors (Lipinski definition) is 6. The normalized spacial score (nSPS) is 51.8. The lowest BCUT2D eigenvalue weighted by Gasteiger charge is -2.42. The molecule has 3 aliphatic carbocycles. The van der Waals surface area contributed by atoms with Crippen molar-refractivity contribution in [2.75, 3.05) is 6.61 Å². The molecule has 0 aromatic carbocycles. The van der Waals surface area contributed by atoms with Crippen molar-refractivity contribution >= 4 is 11.8 Å². The van der Waals surface area contributed by atoms with Gasteiger partial charge in [0, 0.05) is 23.3 Å². The molecule has 0 unspecified atom stereocenters. The summed E-state index contributed by atoms with van der Waals surface area (Å²) in [7, 11) is 0. The first-order chi connectivity index (χ1) is 10.5. The standard InChI is InChI=1S/C17H22O6/c1-9(18)22-8-13(2)7-10-11(19)14(3,21)16(5-6-16)15(4)17(10,23-15)12(13)20/h7,12,20-21H,5-6,8H2,1-4H3/t12-,13-,14-,15+,17+/m0/s1. The van der Waals surface area contributed by atoms with Crippen LogP contribution in [0.2, 0.25) is 0 Å². The van der Waals surface area contributed by atoms with Crippen molar-refractivity contribution in [1.82, 2.24) is 0 Å². The molecule has 0 radical (unpaired) electrons. The minimum absolute atomic E-state index is 0.0311. The van der Waals surface area contributed by atoms with Crippen LogP contribution < -0.4 is 0 Å². The number of esters is 1. The predicted octanol–water partition coefficient (Wildman–Crippen LogP) is 0.498.